The lowest BCUT2D eigenvalue weighted by Crippen LogP contribution is -2.54. The van der Waals surface area contributed by atoms with E-state index >= 15 is 0 Å². The Morgan fingerprint density at radius 3 is 2.40 bits per heavy atom. The van der Waals surface area contributed by atoms with Crippen molar-refractivity contribution >= 4 is 11.8 Å². The number of pyridine rings is 1. The van der Waals surface area contributed by atoms with Gasteiger partial charge in [-0.2, -0.15) is 0 Å². The van der Waals surface area contributed by atoms with E-state index in [0.717, 1.165) is 44.2 Å². The second-order valence-corrected chi connectivity index (χ2v) is 10.4. The Balaban J connectivity index is 1.42. The quantitative estimate of drug-likeness (QED) is 0.717. The molecule has 9 nitrogen and oxygen atoms in total. The maximum absolute atomic E-state index is 13.8. The summed E-state index contributed by atoms with van der Waals surface area (Å²) < 4.78 is 1.73. The van der Waals surface area contributed by atoms with Gasteiger partial charge < -0.3 is 19.5 Å². The van der Waals surface area contributed by atoms with E-state index in [4.69, 9.17) is 0 Å². The Morgan fingerprint density at radius 2 is 1.74 bits per heavy atom. The van der Waals surface area contributed by atoms with Crippen molar-refractivity contribution < 1.29 is 14.7 Å². The molecule has 2 saturated heterocycles. The van der Waals surface area contributed by atoms with Gasteiger partial charge in [-0.1, -0.05) is 6.42 Å². The van der Waals surface area contributed by atoms with Crippen LogP contribution in [-0.4, -0.2) is 67.0 Å². The summed E-state index contributed by atoms with van der Waals surface area (Å²) in [5.74, 6) is -0.706. The van der Waals surface area contributed by atoms with Crippen molar-refractivity contribution in [2.75, 3.05) is 19.7 Å². The highest BCUT2D eigenvalue weighted by atomic mass is 16.3. The third-order valence-corrected chi connectivity index (χ3v) is 8.58. The van der Waals surface area contributed by atoms with Crippen LogP contribution in [0.5, 0.6) is 0 Å². The number of amides is 2. The standard InChI is InChI=1S/C26H31N5O4/c32-14-20-19-13-30-21(8-7-18(25(30)34)17-11-27-15-28-12-17)22(19)31(24(33)16-5-4-6-16)23(20)26(35)29-9-2-1-3-10-29/h7-8,11-12,15-16,19-20,22-23,32H,1-6,9-10,13-14H2/t19-,20-,22+,23-/m1/s1. The summed E-state index contributed by atoms with van der Waals surface area (Å²) in [5.41, 5.74) is 1.75. The number of aliphatic hydroxyl groups excluding tert-OH is 1. The van der Waals surface area contributed by atoms with Crippen LogP contribution in [0, 0.1) is 17.8 Å². The second-order valence-electron chi connectivity index (χ2n) is 10.4. The number of rotatable bonds is 4. The first-order chi connectivity index (χ1) is 17.1. The molecule has 3 fully saturated rings. The minimum absolute atomic E-state index is 0.000931. The molecule has 3 aliphatic heterocycles. The predicted molar refractivity (Wildman–Crippen MR) is 127 cm³/mol. The van der Waals surface area contributed by atoms with Gasteiger partial charge in [0.25, 0.3) is 5.56 Å². The maximum Gasteiger partial charge on any atom is 0.258 e. The molecule has 4 aliphatic rings. The highest BCUT2D eigenvalue weighted by Crippen LogP contribution is 2.51. The minimum Gasteiger partial charge on any atom is -0.396 e. The number of hydrogen-bond donors (Lipinski definition) is 1. The smallest absolute Gasteiger partial charge is 0.258 e. The summed E-state index contributed by atoms with van der Waals surface area (Å²) >= 11 is 0. The lowest BCUT2D eigenvalue weighted by atomic mass is 9.84. The summed E-state index contributed by atoms with van der Waals surface area (Å²) in [6.07, 6.45) is 10.4. The zero-order valence-electron chi connectivity index (χ0n) is 19.8. The van der Waals surface area contributed by atoms with Gasteiger partial charge in [-0.15, -0.1) is 0 Å². The van der Waals surface area contributed by atoms with E-state index in [1.54, 1.807) is 27.9 Å². The maximum atomic E-state index is 13.8. The number of carbonyl (C=O) groups is 2. The van der Waals surface area contributed by atoms with Crippen molar-refractivity contribution in [1.82, 2.24) is 24.3 Å². The molecule has 184 valence electrons. The zero-order chi connectivity index (χ0) is 24.1. The van der Waals surface area contributed by atoms with E-state index in [0.29, 0.717) is 30.8 Å². The molecule has 35 heavy (non-hydrogen) atoms. The molecule has 5 heterocycles. The molecule has 1 aliphatic carbocycles. The first kappa shape index (κ1) is 22.4. The summed E-state index contributed by atoms with van der Waals surface area (Å²) in [6, 6.07) is 2.62. The Morgan fingerprint density at radius 1 is 1.00 bits per heavy atom. The van der Waals surface area contributed by atoms with Crippen molar-refractivity contribution in [1.29, 1.82) is 0 Å². The summed E-state index contributed by atoms with van der Waals surface area (Å²) in [4.78, 5) is 52.8. The molecule has 2 aromatic rings. The first-order valence-corrected chi connectivity index (χ1v) is 12.8. The molecule has 0 radical (unpaired) electrons. The van der Waals surface area contributed by atoms with Crippen LogP contribution < -0.4 is 5.56 Å². The summed E-state index contributed by atoms with van der Waals surface area (Å²) in [6.45, 7) is 1.59. The van der Waals surface area contributed by atoms with Crippen molar-refractivity contribution in [2.24, 2.45) is 17.8 Å². The molecule has 0 bridgehead atoms. The van der Waals surface area contributed by atoms with Gasteiger partial charge in [0.2, 0.25) is 11.8 Å². The fourth-order valence-corrected chi connectivity index (χ4v) is 6.54. The summed E-state index contributed by atoms with van der Waals surface area (Å²) in [7, 11) is 0. The molecular weight excluding hydrogens is 446 g/mol. The average Bonchev–Trinajstić information content (AvgIpc) is 3.38. The average molecular weight is 478 g/mol. The van der Waals surface area contributed by atoms with E-state index in [2.05, 4.69) is 9.97 Å². The number of fused-ring (bicyclic) bond motifs is 3. The Bertz CT molecular complexity index is 1190. The van der Waals surface area contributed by atoms with Crippen LogP contribution in [-0.2, 0) is 16.1 Å². The number of nitrogens with zero attached hydrogens (tertiary/aromatic N) is 5. The summed E-state index contributed by atoms with van der Waals surface area (Å²) in [5, 5.41) is 10.5. The van der Waals surface area contributed by atoms with Crippen molar-refractivity contribution in [3.8, 4) is 11.1 Å². The van der Waals surface area contributed by atoms with E-state index in [1.165, 1.54) is 6.33 Å². The molecule has 6 rings (SSSR count). The number of hydrogen-bond acceptors (Lipinski definition) is 6. The highest BCUT2D eigenvalue weighted by molar-refractivity contribution is 5.90. The number of carbonyl (C=O) groups excluding carboxylic acids is 2. The lowest BCUT2D eigenvalue weighted by molar-refractivity contribution is -0.151. The van der Waals surface area contributed by atoms with Gasteiger partial charge >= 0.3 is 0 Å². The second kappa shape index (κ2) is 8.86. The van der Waals surface area contributed by atoms with Crippen molar-refractivity contribution in [2.45, 2.75) is 57.2 Å². The largest absolute Gasteiger partial charge is 0.396 e. The molecular formula is C26H31N5O4. The van der Waals surface area contributed by atoms with Gasteiger partial charge in [-0.3, -0.25) is 14.4 Å². The van der Waals surface area contributed by atoms with Gasteiger partial charge in [0, 0.05) is 67.6 Å². The highest BCUT2D eigenvalue weighted by Gasteiger charge is 2.58. The predicted octanol–water partition coefficient (Wildman–Crippen LogP) is 1.61. The van der Waals surface area contributed by atoms with Gasteiger partial charge in [-0.25, -0.2) is 9.97 Å². The Kier molecular flexibility index (Phi) is 5.67. The van der Waals surface area contributed by atoms with Crippen LogP contribution in [0.3, 0.4) is 0 Å². The van der Waals surface area contributed by atoms with Crippen molar-refractivity contribution in [3.63, 3.8) is 0 Å². The van der Waals surface area contributed by atoms with Crippen LogP contribution in [0.25, 0.3) is 11.1 Å². The normalized spacial score (nSPS) is 27.9. The number of aliphatic hydroxyl groups is 1. The minimum atomic E-state index is -0.674. The fraction of sp³-hybridized carbons (Fsp3) is 0.577. The number of likely N-dealkylation sites (tertiary alicyclic amines) is 2. The molecule has 0 unspecified atom stereocenters. The molecule has 4 atom stereocenters. The first-order valence-electron chi connectivity index (χ1n) is 12.8. The number of aromatic nitrogens is 3. The van der Waals surface area contributed by atoms with Gasteiger partial charge in [-0.05, 0) is 44.2 Å². The third kappa shape index (κ3) is 3.51. The van der Waals surface area contributed by atoms with Crippen LogP contribution >= 0.6 is 0 Å². The van der Waals surface area contributed by atoms with Crippen molar-refractivity contribution in [3.05, 3.63) is 46.9 Å². The van der Waals surface area contributed by atoms with Crippen LogP contribution in [0.1, 0.15) is 50.3 Å². The van der Waals surface area contributed by atoms with E-state index in [1.807, 2.05) is 11.0 Å². The van der Waals surface area contributed by atoms with Gasteiger partial charge in [0.05, 0.1) is 11.6 Å². The molecule has 1 N–H and O–H groups in total. The topological polar surface area (TPSA) is 109 Å². The van der Waals surface area contributed by atoms with Crippen LogP contribution in [0.4, 0.5) is 0 Å². The van der Waals surface area contributed by atoms with Crippen LogP contribution in [0.2, 0.25) is 0 Å². The molecule has 0 spiro atoms. The molecule has 2 aromatic heterocycles. The van der Waals surface area contributed by atoms with Crippen LogP contribution in [0.15, 0.2) is 35.6 Å². The van der Waals surface area contributed by atoms with E-state index < -0.39 is 12.0 Å². The van der Waals surface area contributed by atoms with E-state index in [9.17, 15) is 19.5 Å². The zero-order valence-corrected chi connectivity index (χ0v) is 19.8. The molecule has 1 saturated carbocycles. The van der Waals surface area contributed by atoms with Gasteiger partial charge in [0.15, 0.2) is 0 Å². The van der Waals surface area contributed by atoms with Gasteiger partial charge in [0.1, 0.15) is 12.4 Å². The Labute approximate surface area is 203 Å². The molecule has 0 aromatic carbocycles. The lowest BCUT2D eigenvalue weighted by Gasteiger charge is -2.39. The fourth-order valence-electron chi connectivity index (χ4n) is 6.54. The number of piperidine rings is 1. The molecule has 2 amide bonds. The van der Waals surface area contributed by atoms with E-state index in [-0.39, 0.29) is 41.9 Å². The third-order valence-electron chi connectivity index (χ3n) is 8.58. The monoisotopic (exact) mass is 477 g/mol. The SMILES string of the molecule is O=C([C@H]1[C@H](CO)[C@H]2Cn3c(ccc(-c4cncnc4)c3=O)[C@H]2N1C(=O)C1CCC1)N1CCCCC1. The Hall–Kier alpha value is -3.07. The molecule has 9 heteroatoms.